The molecule has 0 saturated carbocycles. The topological polar surface area (TPSA) is 53.0 Å². The molecule has 4 rings (SSSR count). The minimum atomic E-state index is -0.386. The summed E-state index contributed by atoms with van der Waals surface area (Å²) in [6, 6.07) is 9.03. The van der Waals surface area contributed by atoms with Gasteiger partial charge in [0.2, 0.25) is 5.91 Å². The van der Waals surface area contributed by atoms with Gasteiger partial charge in [0.15, 0.2) is 0 Å². The molecule has 0 aromatic heterocycles. The van der Waals surface area contributed by atoms with Crippen molar-refractivity contribution in [2.75, 3.05) is 46.0 Å². The van der Waals surface area contributed by atoms with Gasteiger partial charge in [0, 0.05) is 44.1 Å². The number of hydrogen-bond acceptors (Lipinski definition) is 4. The summed E-state index contributed by atoms with van der Waals surface area (Å²) < 4.78 is 5.50. The molecule has 1 aromatic rings. The normalized spacial score (nSPS) is 31.1. The molecule has 22 heavy (non-hydrogen) atoms. The predicted molar refractivity (Wildman–Crippen MR) is 81.5 cm³/mol. The van der Waals surface area contributed by atoms with E-state index in [0.717, 1.165) is 39.4 Å². The number of amides is 1. The van der Waals surface area contributed by atoms with Gasteiger partial charge in [-0.3, -0.25) is 9.69 Å². The minimum Gasteiger partial charge on any atom is -0.387 e. The Morgan fingerprint density at radius 1 is 1.18 bits per heavy atom. The molecule has 2 saturated heterocycles. The van der Waals surface area contributed by atoms with Crippen LogP contribution in [0.15, 0.2) is 24.3 Å². The van der Waals surface area contributed by atoms with Crippen molar-refractivity contribution in [1.82, 2.24) is 9.80 Å². The van der Waals surface area contributed by atoms with E-state index in [1.54, 1.807) is 0 Å². The summed E-state index contributed by atoms with van der Waals surface area (Å²) in [6.45, 7) is 4.59. The number of aliphatic hydroxyl groups is 1. The molecule has 0 bridgehead atoms. The van der Waals surface area contributed by atoms with Crippen molar-refractivity contribution in [3.8, 4) is 0 Å². The van der Waals surface area contributed by atoms with Crippen molar-refractivity contribution < 1.29 is 14.6 Å². The molecule has 5 nitrogen and oxygen atoms in total. The lowest BCUT2D eigenvalue weighted by Gasteiger charge is -2.36. The Bertz CT molecular complexity index is 571. The summed E-state index contributed by atoms with van der Waals surface area (Å²) in [4.78, 5) is 16.2. The second kappa shape index (κ2) is 5.65. The summed E-state index contributed by atoms with van der Waals surface area (Å²) in [5.41, 5.74) is 2.81. The van der Waals surface area contributed by atoms with E-state index >= 15 is 0 Å². The SMILES string of the molecule is O=C(CO)N1C[C@H]2[C@@H](C1)c1ccccc1[C@@H]2N1CCOCC1. The summed E-state index contributed by atoms with van der Waals surface area (Å²) in [5.74, 6) is 0.693. The third-order valence-corrected chi connectivity index (χ3v) is 5.41. The smallest absolute Gasteiger partial charge is 0.248 e. The second-order valence-corrected chi connectivity index (χ2v) is 6.45. The van der Waals surface area contributed by atoms with Gasteiger partial charge in [-0.15, -0.1) is 0 Å². The van der Waals surface area contributed by atoms with E-state index in [0.29, 0.717) is 17.9 Å². The first-order chi connectivity index (χ1) is 10.8. The number of aliphatic hydroxyl groups excluding tert-OH is 1. The van der Waals surface area contributed by atoms with Crippen LogP contribution in [0.5, 0.6) is 0 Å². The van der Waals surface area contributed by atoms with E-state index in [1.807, 2.05) is 4.90 Å². The predicted octanol–water partition coefficient (Wildman–Crippen LogP) is 0.608. The highest BCUT2D eigenvalue weighted by atomic mass is 16.5. The first-order valence-corrected chi connectivity index (χ1v) is 8.09. The van der Waals surface area contributed by atoms with Crippen molar-refractivity contribution in [2.24, 2.45) is 5.92 Å². The maximum atomic E-state index is 11.9. The van der Waals surface area contributed by atoms with E-state index in [9.17, 15) is 4.79 Å². The highest BCUT2D eigenvalue weighted by Crippen LogP contribution is 2.51. The Kier molecular flexibility index (Phi) is 3.64. The van der Waals surface area contributed by atoms with Gasteiger partial charge in [0.1, 0.15) is 6.61 Å². The number of nitrogens with zero attached hydrogens (tertiary/aromatic N) is 2. The molecule has 1 aromatic carbocycles. The fourth-order valence-electron chi connectivity index (χ4n) is 4.45. The quantitative estimate of drug-likeness (QED) is 0.869. The van der Waals surface area contributed by atoms with E-state index < -0.39 is 0 Å². The number of carbonyl (C=O) groups is 1. The van der Waals surface area contributed by atoms with Crippen molar-refractivity contribution in [3.05, 3.63) is 35.4 Å². The third-order valence-electron chi connectivity index (χ3n) is 5.41. The fourth-order valence-corrected chi connectivity index (χ4v) is 4.45. The number of morpholine rings is 1. The molecule has 1 aliphatic carbocycles. The van der Waals surface area contributed by atoms with Crippen LogP contribution in [0.25, 0.3) is 0 Å². The molecule has 2 aliphatic heterocycles. The van der Waals surface area contributed by atoms with Crippen molar-refractivity contribution in [3.63, 3.8) is 0 Å². The van der Waals surface area contributed by atoms with Gasteiger partial charge in [-0.05, 0) is 11.1 Å². The van der Waals surface area contributed by atoms with Gasteiger partial charge in [-0.25, -0.2) is 0 Å². The Morgan fingerprint density at radius 3 is 2.64 bits per heavy atom. The number of benzene rings is 1. The molecule has 5 heteroatoms. The molecule has 1 amide bonds. The first kappa shape index (κ1) is 14.2. The van der Waals surface area contributed by atoms with Crippen molar-refractivity contribution in [2.45, 2.75) is 12.0 Å². The summed E-state index contributed by atoms with van der Waals surface area (Å²) in [7, 11) is 0. The van der Waals surface area contributed by atoms with Crippen LogP contribution in [-0.2, 0) is 9.53 Å². The number of rotatable bonds is 2. The molecule has 0 radical (unpaired) electrons. The standard InChI is InChI=1S/C17H22N2O3/c20-11-16(21)19-9-14-12-3-1-2-4-13(12)17(15(14)10-19)18-5-7-22-8-6-18/h1-4,14-15,17,20H,5-11H2/t14-,15-,17-/m0/s1. The third kappa shape index (κ3) is 2.16. The number of hydrogen-bond donors (Lipinski definition) is 1. The van der Waals surface area contributed by atoms with Gasteiger partial charge in [-0.2, -0.15) is 0 Å². The summed E-state index contributed by atoms with van der Waals surface area (Å²) in [6.07, 6.45) is 0. The Morgan fingerprint density at radius 2 is 1.91 bits per heavy atom. The van der Waals surface area contributed by atoms with E-state index in [-0.39, 0.29) is 12.5 Å². The summed E-state index contributed by atoms with van der Waals surface area (Å²) in [5, 5.41) is 9.15. The van der Waals surface area contributed by atoms with Crippen LogP contribution < -0.4 is 0 Å². The molecule has 3 aliphatic rings. The zero-order valence-corrected chi connectivity index (χ0v) is 12.6. The summed E-state index contributed by atoms with van der Waals surface area (Å²) >= 11 is 0. The minimum absolute atomic E-state index is 0.146. The molecule has 1 N–H and O–H groups in total. The number of likely N-dealkylation sites (tertiary alicyclic amines) is 1. The Hall–Kier alpha value is -1.43. The van der Waals surface area contributed by atoms with Gasteiger partial charge >= 0.3 is 0 Å². The Labute approximate surface area is 130 Å². The van der Waals surface area contributed by atoms with E-state index in [2.05, 4.69) is 29.2 Å². The first-order valence-electron chi connectivity index (χ1n) is 8.09. The molecule has 0 unspecified atom stereocenters. The highest BCUT2D eigenvalue weighted by molar-refractivity contribution is 5.77. The molecule has 118 valence electrons. The molecular weight excluding hydrogens is 280 g/mol. The zero-order valence-electron chi connectivity index (χ0n) is 12.6. The molecular formula is C17H22N2O3. The van der Waals surface area contributed by atoms with Crippen LogP contribution in [0.1, 0.15) is 23.1 Å². The van der Waals surface area contributed by atoms with Gasteiger partial charge < -0.3 is 14.7 Å². The van der Waals surface area contributed by atoms with Gasteiger partial charge in [0.25, 0.3) is 0 Å². The lowest BCUT2D eigenvalue weighted by atomic mass is 9.93. The molecule has 2 heterocycles. The number of fused-ring (bicyclic) bond motifs is 3. The number of ether oxygens (including phenoxy) is 1. The number of carbonyl (C=O) groups excluding carboxylic acids is 1. The monoisotopic (exact) mass is 302 g/mol. The van der Waals surface area contributed by atoms with Crippen molar-refractivity contribution in [1.29, 1.82) is 0 Å². The lowest BCUT2D eigenvalue weighted by molar-refractivity contribution is -0.133. The lowest BCUT2D eigenvalue weighted by Crippen LogP contribution is -2.42. The van der Waals surface area contributed by atoms with E-state index in [4.69, 9.17) is 9.84 Å². The molecule has 2 fully saturated rings. The highest BCUT2D eigenvalue weighted by Gasteiger charge is 2.49. The van der Waals surface area contributed by atoms with Gasteiger partial charge in [0.05, 0.1) is 13.2 Å². The van der Waals surface area contributed by atoms with Crippen LogP contribution in [0.3, 0.4) is 0 Å². The van der Waals surface area contributed by atoms with Crippen LogP contribution in [-0.4, -0.2) is 66.8 Å². The fraction of sp³-hybridized carbons (Fsp3) is 0.588. The average molecular weight is 302 g/mol. The van der Waals surface area contributed by atoms with Crippen LogP contribution in [0.2, 0.25) is 0 Å². The van der Waals surface area contributed by atoms with Crippen LogP contribution in [0, 0.1) is 5.92 Å². The maximum absolute atomic E-state index is 11.9. The largest absolute Gasteiger partial charge is 0.387 e. The maximum Gasteiger partial charge on any atom is 0.248 e. The second-order valence-electron chi connectivity index (χ2n) is 6.45. The zero-order chi connectivity index (χ0) is 15.1. The van der Waals surface area contributed by atoms with Crippen LogP contribution in [0.4, 0.5) is 0 Å². The van der Waals surface area contributed by atoms with Gasteiger partial charge in [-0.1, -0.05) is 24.3 Å². The molecule has 3 atom stereocenters. The van der Waals surface area contributed by atoms with E-state index in [1.165, 1.54) is 11.1 Å². The van der Waals surface area contributed by atoms with Crippen molar-refractivity contribution >= 4 is 5.91 Å². The average Bonchev–Trinajstić information content (AvgIpc) is 3.12. The Balaban J connectivity index is 1.66. The van der Waals surface area contributed by atoms with Crippen LogP contribution >= 0.6 is 0 Å². The molecule has 0 spiro atoms.